The first kappa shape index (κ1) is 13.4. The van der Waals surface area contributed by atoms with Crippen LogP contribution in [-0.4, -0.2) is 32.2 Å². The van der Waals surface area contributed by atoms with Crippen molar-refractivity contribution < 1.29 is 9.53 Å². The minimum atomic E-state index is 0.124. The van der Waals surface area contributed by atoms with Gasteiger partial charge >= 0.3 is 0 Å². The van der Waals surface area contributed by atoms with Gasteiger partial charge in [-0.15, -0.1) is 0 Å². The highest BCUT2D eigenvalue weighted by Gasteiger charge is 2.02. The van der Waals surface area contributed by atoms with E-state index < -0.39 is 0 Å². The van der Waals surface area contributed by atoms with E-state index in [1.807, 2.05) is 13.8 Å². The number of carbonyl (C=O) groups is 1. The molecule has 0 saturated heterocycles. The summed E-state index contributed by atoms with van der Waals surface area (Å²) in [6, 6.07) is 0. The Morgan fingerprint density at radius 1 is 1.43 bits per heavy atom. The van der Waals surface area contributed by atoms with E-state index in [0.717, 1.165) is 6.42 Å². The summed E-state index contributed by atoms with van der Waals surface area (Å²) >= 11 is 0. The van der Waals surface area contributed by atoms with Crippen molar-refractivity contribution in [3.63, 3.8) is 0 Å². The van der Waals surface area contributed by atoms with Crippen LogP contribution in [0, 0.1) is 5.92 Å². The van der Waals surface area contributed by atoms with Gasteiger partial charge in [-0.05, 0) is 12.3 Å². The first-order valence-corrected chi connectivity index (χ1v) is 5.21. The van der Waals surface area contributed by atoms with Crippen molar-refractivity contribution in [3.05, 3.63) is 0 Å². The lowest BCUT2D eigenvalue weighted by atomic mass is 10.1. The molecule has 1 amide bonds. The Hall–Kier alpha value is -0.610. The van der Waals surface area contributed by atoms with Gasteiger partial charge in [0.1, 0.15) is 0 Å². The minimum absolute atomic E-state index is 0.124. The molecule has 4 nitrogen and oxygen atoms in total. The SMILES string of the molecule is CC(C)CC(=O)NCCCOCCN. The van der Waals surface area contributed by atoms with Crippen molar-refractivity contribution in [3.8, 4) is 0 Å². The van der Waals surface area contributed by atoms with Crippen LogP contribution in [0.4, 0.5) is 0 Å². The maximum atomic E-state index is 11.2. The van der Waals surface area contributed by atoms with Crippen LogP contribution in [0.1, 0.15) is 26.7 Å². The van der Waals surface area contributed by atoms with E-state index in [1.54, 1.807) is 0 Å². The molecule has 14 heavy (non-hydrogen) atoms. The summed E-state index contributed by atoms with van der Waals surface area (Å²) < 4.78 is 5.17. The summed E-state index contributed by atoms with van der Waals surface area (Å²) in [4.78, 5) is 11.2. The average molecular weight is 202 g/mol. The Labute approximate surface area is 86.2 Å². The smallest absolute Gasteiger partial charge is 0.220 e. The fraction of sp³-hybridized carbons (Fsp3) is 0.900. The molecule has 0 aromatic carbocycles. The molecule has 0 aliphatic heterocycles. The van der Waals surface area contributed by atoms with Crippen LogP contribution in [0.3, 0.4) is 0 Å². The standard InChI is InChI=1S/C10H22N2O2/c1-9(2)8-10(13)12-5-3-6-14-7-4-11/h9H,3-8,11H2,1-2H3,(H,12,13). The van der Waals surface area contributed by atoms with Crippen molar-refractivity contribution >= 4 is 5.91 Å². The Morgan fingerprint density at radius 3 is 2.71 bits per heavy atom. The maximum Gasteiger partial charge on any atom is 0.220 e. The highest BCUT2D eigenvalue weighted by atomic mass is 16.5. The first-order chi connectivity index (χ1) is 6.66. The number of rotatable bonds is 8. The molecule has 0 radical (unpaired) electrons. The van der Waals surface area contributed by atoms with Gasteiger partial charge in [0.15, 0.2) is 0 Å². The molecule has 0 rings (SSSR count). The number of nitrogens with two attached hydrogens (primary N) is 1. The number of ether oxygens (including phenoxy) is 1. The van der Waals surface area contributed by atoms with E-state index in [4.69, 9.17) is 10.5 Å². The number of amides is 1. The number of hydrogen-bond donors (Lipinski definition) is 2. The van der Waals surface area contributed by atoms with E-state index in [0.29, 0.717) is 38.6 Å². The first-order valence-electron chi connectivity index (χ1n) is 5.21. The summed E-state index contributed by atoms with van der Waals surface area (Å²) in [5.41, 5.74) is 5.25. The zero-order chi connectivity index (χ0) is 10.8. The molecule has 0 spiro atoms. The molecule has 4 heteroatoms. The maximum absolute atomic E-state index is 11.2. The Bertz CT molecular complexity index is 149. The molecule has 0 atom stereocenters. The molecule has 84 valence electrons. The number of carbonyl (C=O) groups excluding carboxylic acids is 1. The van der Waals surface area contributed by atoms with Crippen LogP contribution in [0.25, 0.3) is 0 Å². The lowest BCUT2D eigenvalue weighted by Gasteiger charge is -2.07. The fourth-order valence-corrected chi connectivity index (χ4v) is 1.03. The molecule has 0 aromatic heterocycles. The third-order valence-corrected chi connectivity index (χ3v) is 1.64. The molecule has 0 heterocycles. The van der Waals surface area contributed by atoms with Gasteiger partial charge in [0.25, 0.3) is 0 Å². The van der Waals surface area contributed by atoms with Gasteiger partial charge in [0.05, 0.1) is 6.61 Å². The molecule has 3 N–H and O–H groups in total. The summed E-state index contributed by atoms with van der Waals surface area (Å²) in [6.07, 6.45) is 1.45. The van der Waals surface area contributed by atoms with Crippen molar-refractivity contribution in [1.82, 2.24) is 5.32 Å². The normalized spacial score (nSPS) is 10.6. The van der Waals surface area contributed by atoms with Crippen LogP contribution in [0.2, 0.25) is 0 Å². The van der Waals surface area contributed by atoms with Crippen molar-refractivity contribution in [2.75, 3.05) is 26.3 Å². The van der Waals surface area contributed by atoms with Crippen LogP contribution in [0.5, 0.6) is 0 Å². The van der Waals surface area contributed by atoms with E-state index in [2.05, 4.69) is 5.32 Å². The summed E-state index contributed by atoms with van der Waals surface area (Å²) in [5.74, 6) is 0.544. The molecule has 0 aliphatic carbocycles. The second-order valence-corrected chi connectivity index (χ2v) is 3.70. The zero-order valence-electron chi connectivity index (χ0n) is 9.21. The highest BCUT2D eigenvalue weighted by Crippen LogP contribution is 1.97. The molecule has 0 aliphatic rings. The van der Waals surface area contributed by atoms with Crippen molar-refractivity contribution in [1.29, 1.82) is 0 Å². The van der Waals surface area contributed by atoms with Crippen LogP contribution in [0.15, 0.2) is 0 Å². The number of hydrogen-bond acceptors (Lipinski definition) is 3. The predicted octanol–water partition coefficient (Wildman–Crippen LogP) is 0.514. The predicted molar refractivity (Wildman–Crippen MR) is 57.0 cm³/mol. The van der Waals surface area contributed by atoms with E-state index >= 15 is 0 Å². The third-order valence-electron chi connectivity index (χ3n) is 1.64. The third kappa shape index (κ3) is 9.48. The fourth-order valence-electron chi connectivity index (χ4n) is 1.03. The average Bonchev–Trinajstić information content (AvgIpc) is 2.10. The molecule has 0 saturated carbocycles. The Balaban J connectivity index is 3.15. The van der Waals surface area contributed by atoms with Gasteiger partial charge in [-0.2, -0.15) is 0 Å². The monoisotopic (exact) mass is 202 g/mol. The van der Waals surface area contributed by atoms with Gasteiger partial charge in [0.2, 0.25) is 5.91 Å². The molecule has 0 fully saturated rings. The molecular formula is C10H22N2O2. The molecular weight excluding hydrogens is 180 g/mol. The van der Waals surface area contributed by atoms with Crippen molar-refractivity contribution in [2.45, 2.75) is 26.7 Å². The van der Waals surface area contributed by atoms with Gasteiger partial charge in [-0.3, -0.25) is 4.79 Å². The highest BCUT2D eigenvalue weighted by molar-refractivity contribution is 5.75. The topological polar surface area (TPSA) is 64.3 Å². The van der Waals surface area contributed by atoms with Crippen LogP contribution < -0.4 is 11.1 Å². The Morgan fingerprint density at radius 2 is 2.14 bits per heavy atom. The lowest BCUT2D eigenvalue weighted by Crippen LogP contribution is -2.26. The molecule has 0 bridgehead atoms. The van der Waals surface area contributed by atoms with Crippen LogP contribution >= 0.6 is 0 Å². The van der Waals surface area contributed by atoms with E-state index in [1.165, 1.54) is 0 Å². The van der Waals surface area contributed by atoms with Crippen LogP contribution in [-0.2, 0) is 9.53 Å². The van der Waals surface area contributed by atoms with Gasteiger partial charge in [0, 0.05) is 26.1 Å². The number of nitrogens with one attached hydrogen (secondary N) is 1. The minimum Gasteiger partial charge on any atom is -0.380 e. The largest absolute Gasteiger partial charge is 0.380 e. The second-order valence-electron chi connectivity index (χ2n) is 3.70. The van der Waals surface area contributed by atoms with Gasteiger partial charge in [-0.1, -0.05) is 13.8 Å². The lowest BCUT2D eigenvalue weighted by molar-refractivity contribution is -0.121. The van der Waals surface area contributed by atoms with E-state index in [-0.39, 0.29) is 5.91 Å². The second kappa shape index (κ2) is 8.97. The Kier molecular flexibility index (Phi) is 8.57. The van der Waals surface area contributed by atoms with E-state index in [9.17, 15) is 4.79 Å². The van der Waals surface area contributed by atoms with Crippen molar-refractivity contribution in [2.24, 2.45) is 11.7 Å². The molecule has 0 aromatic rings. The summed E-state index contributed by atoms with van der Waals surface area (Å²) in [6.45, 7) is 6.57. The zero-order valence-corrected chi connectivity index (χ0v) is 9.21. The van der Waals surface area contributed by atoms with Gasteiger partial charge < -0.3 is 15.8 Å². The quantitative estimate of drug-likeness (QED) is 0.564. The van der Waals surface area contributed by atoms with Gasteiger partial charge in [-0.25, -0.2) is 0 Å². The summed E-state index contributed by atoms with van der Waals surface area (Å²) in [7, 11) is 0. The summed E-state index contributed by atoms with van der Waals surface area (Å²) in [5, 5.41) is 2.84. The molecule has 0 unspecified atom stereocenters.